The van der Waals surface area contributed by atoms with E-state index in [1.54, 1.807) is 22.8 Å². The predicted octanol–water partition coefficient (Wildman–Crippen LogP) is 2.10. The Kier molecular flexibility index (Phi) is 7.26. The number of methoxy groups -OCH3 is 2. The van der Waals surface area contributed by atoms with E-state index in [4.69, 9.17) is 25.8 Å². The molecule has 12 nitrogen and oxygen atoms in total. The van der Waals surface area contributed by atoms with Crippen LogP contribution in [0.5, 0.6) is 5.88 Å². The van der Waals surface area contributed by atoms with Crippen LogP contribution in [0.2, 0.25) is 5.02 Å². The molecule has 0 saturated carbocycles. The van der Waals surface area contributed by atoms with Gasteiger partial charge in [-0.3, -0.25) is 9.29 Å². The smallest absolute Gasteiger partial charge is 0.240 e. The van der Waals surface area contributed by atoms with Crippen molar-refractivity contribution in [2.24, 2.45) is 0 Å². The van der Waals surface area contributed by atoms with Gasteiger partial charge in [0.2, 0.25) is 21.9 Å². The van der Waals surface area contributed by atoms with Gasteiger partial charge in [-0.1, -0.05) is 17.7 Å². The fraction of sp³-hybridized carbons (Fsp3) is 0.450. The highest BCUT2D eigenvalue weighted by Crippen LogP contribution is 2.28. The summed E-state index contributed by atoms with van der Waals surface area (Å²) in [5.74, 6) is 1.00. The summed E-state index contributed by atoms with van der Waals surface area (Å²) >= 11 is 5.85. The quantitative estimate of drug-likeness (QED) is 0.431. The predicted molar refractivity (Wildman–Crippen MR) is 123 cm³/mol. The maximum absolute atomic E-state index is 13.3. The maximum atomic E-state index is 13.3. The largest absolute Gasteiger partial charge is 0.481 e. The summed E-state index contributed by atoms with van der Waals surface area (Å²) in [4.78, 5) is 12.6. The zero-order valence-corrected chi connectivity index (χ0v) is 20.3. The number of ether oxygens (including phenoxy) is 3. The van der Waals surface area contributed by atoms with E-state index in [-0.39, 0.29) is 17.9 Å². The molecule has 0 amide bonds. The Bertz CT molecular complexity index is 1230. The lowest BCUT2D eigenvalue weighted by atomic mass is 10.2. The number of hydrogen-bond donors (Lipinski definition) is 1. The Morgan fingerprint density at radius 1 is 1.26 bits per heavy atom. The van der Waals surface area contributed by atoms with Gasteiger partial charge in [0.15, 0.2) is 11.6 Å². The summed E-state index contributed by atoms with van der Waals surface area (Å²) in [7, 11) is -1.11. The van der Waals surface area contributed by atoms with Gasteiger partial charge < -0.3 is 14.2 Å². The van der Waals surface area contributed by atoms with Crippen LogP contribution in [0.4, 0.5) is 5.95 Å². The summed E-state index contributed by atoms with van der Waals surface area (Å²) < 4.78 is 46.9. The van der Waals surface area contributed by atoms with Crippen molar-refractivity contribution in [3.05, 3.63) is 41.4 Å². The maximum Gasteiger partial charge on any atom is 0.240 e. The average molecular weight is 510 g/mol. The van der Waals surface area contributed by atoms with Gasteiger partial charge in [0.05, 0.1) is 24.8 Å². The Morgan fingerprint density at radius 2 is 2.00 bits per heavy atom. The second-order valence-electron chi connectivity index (χ2n) is 7.57. The first-order valence-corrected chi connectivity index (χ1v) is 12.3. The summed E-state index contributed by atoms with van der Waals surface area (Å²) in [6.45, 7) is 2.49. The van der Waals surface area contributed by atoms with Crippen molar-refractivity contribution >= 4 is 27.6 Å². The zero-order valence-electron chi connectivity index (χ0n) is 18.8. The van der Waals surface area contributed by atoms with Gasteiger partial charge in [0.25, 0.3) is 0 Å². The van der Waals surface area contributed by atoms with Crippen LogP contribution in [0, 0.1) is 0 Å². The zero-order chi connectivity index (χ0) is 24.3. The van der Waals surface area contributed by atoms with Crippen molar-refractivity contribution in [3.8, 4) is 17.4 Å². The number of rotatable bonds is 10. The van der Waals surface area contributed by atoms with Crippen LogP contribution < -0.4 is 9.46 Å². The Hall–Kier alpha value is -2.87. The molecule has 1 saturated heterocycles. The second kappa shape index (κ2) is 10.2. The molecule has 0 bridgehead atoms. The van der Waals surface area contributed by atoms with E-state index < -0.39 is 21.4 Å². The van der Waals surface area contributed by atoms with E-state index in [0.717, 1.165) is 6.42 Å². The Balaban J connectivity index is 1.65. The van der Waals surface area contributed by atoms with Gasteiger partial charge in [0, 0.05) is 32.2 Å². The number of hydrogen-bond acceptors (Lipinski definition) is 10. The first kappa shape index (κ1) is 24.3. The van der Waals surface area contributed by atoms with Gasteiger partial charge in [-0.2, -0.15) is 0 Å². The standard InChI is InChI=1S/C20H24ClN7O5S/c1-12(17(32-3)18-22-9-13(21)10-23-18)34(29,30)27-20-26-25-19(28(20)11-14-7-8-33-14)15-5-4-6-16(24-15)31-2/h4-6,9-10,12,14,17H,7-8,11H2,1-3H3,(H,26,27). The fourth-order valence-electron chi connectivity index (χ4n) is 3.39. The van der Waals surface area contributed by atoms with Gasteiger partial charge in [0.1, 0.15) is 17.0 Å². The molecule has 3 atom stereocenters. The summed E-state index contributed by atoms with van der Waals surface area (Å²) in [6, 6.07) is 5.21. The highest BCUT2D eigenvalue weighted by molar-refractivity contribution is 7.93. The molecule has 0 spiro atoms. The monoisotopic (exact) mass is 509 g/mol. The molecule has 4 heterocycles. The first-order chi connectivity index (χ1) is 16.3. The molecule has 1 aliphatic heterocycles. The molecule has 0 radical (unpaired) electrons. The van der Waals surface area contributed by atoms with E-state index in [2.05, 4.69) is 29.9 Å². The normalized spacial score (nSPS) is 17.6. The number of nitrogens with one attached hydrogen (secondary N) is 1. The Labute approximate surface area is 201 Å². The first-order valence-electron chi connectivity index (χ1n) is 10.4. The van der Waals surface area contributed by atoms with Crippen molar-refractivity contribution in [1.82, 2.24) is 29.7 Å². The lowest BCUT2D eigenvalue weighted by Crippen LogP contribution is -2.35. The molecule has 34 heavy (non-hydrogen) atoms. The average Bonchev–Trinajstić information content (AvgIpc) is 3.19. The molecule has 4 rings (SSSR count). The van der Waals surface area contributed by atoms with E-state index in [9.17, 15) is 8.42 Å². The van der Waals surface area contributed by atoms with Crippen LogP contribution in [-0.2, 0) is 26.0 Å². The molecular formula is C20H24ClN7O5S. The summed E-state index contributed by atoms with van der Waals surface area (Å²) in [5, 5.41) is 7.55. The lowest BCUT2D eigenvalue weighted by molar-refractivity contribution is -0.0587. The molecule has 3 unspecified atom stereocenters. The third kappa shape index (κ3) is 5.12. The van der Waals surface area contributed by atoms with Crippen molar-refractivity contribution < 1.29 is 22.6 Å². The number of anilines is 1. The van der Waals surface area contributed by atoms with E-state index in [1.807, 2.05) is 0 Å². The summed E-state index contributed by atoms with van der Waals surface area (Å²) in [6.07, 6.45) is 2.57. The molecule has 1 N–H and O–H groups in total. The van der Waals surface area contributed by atoms with E-state index >= 15 is 0 Å². The third-order valence-electron chi connectivity index (χ3n) is 5.39. The van der Waals surface area contributed by atoms with Crippen LogP contribution in [0.1, 0.15) is 25.3 Å². The SMILES string of the molecule is COc1cccc(-c2nnc(NS(=O)(=O)C(C)C(OC)c3ncc(Cl)cn3)n2CC2CCO2)n1. The molecule has 3 aromatic heterocycles. The summed E-state index contributed by atoms with van der Waals surface area (Å²) in [5.41, 5.74) is 0.481. The third-order valence-corrected chi connectivity index (χ3v) is 7.28. The minimum absolute atomic E-state index is 0.0360. The van der Waals surface area contributed by atoms with Crippen molar-refractivity contribution in [2.45, 2.75) is 37.3 Å². The van der Waals surface area contributed by atoms with E-state index in [1.165, 1.54) is 33.5 Å². The molecule has 3 aromatic rings. The van der Waals surface area contributed by atoms with Gasteiger partial charge in [-0.15, -0.1) is 10.2 Å². The number of aromatic nitrogens is 6. The van der Waals surface area contributed by atoms with Crippen molar-refractivity contribution in [3.63, 3.8) is 0 Å². The Morgan fingerprint density at radius 3 is 2.62 bits per heavy atom. The number of sulfonamides is 1. The molecule has 1 fully saturated rings. The minimum Gasteiger partial charge on any atom is -0.481 e. The van der Waals surface area contributed by atoms with Crippen molar-refractivity contribution in [2.75, 3.05) is 25.5 Å². The fourth-order valence-corrected chi connectivity index (χ4v) is 4.63. The lowest BCUT2D eigenvalue weighted by Gasteiger charge is -2.28. The van der Waals surface area contributed by atoms with E-state index in [0.29, 0.717) is 35.6 Å². The number of halogens is 1. The molecular weight excluding hydrogens is 486 g/mol. The van der Waals surface area contributed by atoms with Gasteiger partial charge in [-0.25, -0.2) is 23.4 Å². The number of nitrogens with zero attached hydrogens (tertiary/aromatic N) is 6. The van der Waals surface area contributed by atoms with Crippen LogP contribution in [0.3, 0.4) is 0 Å². The number of pyridine rings is 1. The molecule has 0 aromatic carbocycles. The second-order valence-corrected chi connectivity index (χ2v) is 10.0. The molecule has 182 valence electrons. The topological polar surface area (TPSA) is 143 Å². The molecule has 1 aliphatic rings. The minimum atomic E-state index is -4.01. The van der Waals surface area contributed by atoms with Crippen LogP contribution >= 0.6 is 11.6 Å². The highest BCUT2D eigenvalue weighted by atomic mass is 35.5. The van der Waals surface area contributed by atoms with Gasteiger partial charge in [-0.05, 0) is 19.4 Å². The van der Waals surface area contributed by atoms with Crippen LogP contribution in [0.15, 0.2) is 30.6 Å². The van der Waals surface area contributed by atoms with Crippen LogP contribution in [0.25, 0.3) is 11.5 Å². The highest BCUT2D eigenvalue weighted by Gasteiger charge is 2.35. The molecule has 14 heteroatoms. The van der Waals surface area contributed by atoms with Gasteiger partial charge >= 0.3 is 0 Å². The molecule has 0 aliphatic carbocycles. The van der Waals surface area contributed by atoms with Crippen molar-refractivity contribution in [1.29, 1.82) is 0 Å². The van der Waals surface area contributed by atoms with Crippen LogP contribution in [-0.4, -0.2) is 70.3 Å².